The van der Waals surface area contributed by atoms with E-state index in [2.05, 4.69) is 40.7 Å². The first-order valence-electron chi connectivity index (χ1n) is 6.49. The summed E-state index contributed by atoms with van der Waals surface area (Å²) < 4.78 is 0. The van der Waals surface area contributed by atoms with E-state index in [0.29, 0.717) is 6.04 Å². The highest BCUT2D eigenvalue weighted by molar-refractivity contribution is 7.98. The van der Waals surface area contributed by atoms with Gasteiger partial charge in [0.1, 0.15) is 0 Å². The standard InChI is InChI=1S/C14H20N2S/c1-17-14-5-3-2-4-13(14)15-12-7-9-16-8-6-11(12)10-16/h2-5,11-12,15H,6-10H2,1H3. The van der Waals surface area contributed by atoms with Crippen molar-refractivity contribution in [3.05, 3.63) is 24.3 Å². The topological polar surface area (TPSA) is 15.3 Å². The van der Waals surface area contributed by atoms with Gasteiger partial charge in [0, 0.05) is 29.7 Å². The highest BCUT2D eigenvalue weighted by Crippen LogP contribution is 2.32. The van der Waals surface area contributed by atoms with Crippen LogP contribution in [-0.2, 0) is 0 Å². The third-order valence-electron chi connectivity index (χ3n) is 4.08. The van der Waals surface area contributed by atoms with Gasteiger partial charge in [0.2, 0.25) is 0 Å². The predicted molar refractivity (Wildman–Crippen MR) is 74.8 cm³/mol. The fraction of sp³-hybridized carbons (Fsp3) is 0.571. The molecular weight excluding hydrogens is 228 g/mol. The second-order valence-corrected chi connectivity index (χ2v) is 5.94. The van der Waals surface area contributed by atoms with Crippen molar-refractivity contribution in [3.63, 3.8) is 0 Å². The van der Waals surface area contributed by atoms with E-state index in [0.717, 1.165) is 5.92 Å². The van der Waals surface area contributed by atoms with E-state index >= 15 is 0 Å². The molecule has 3 rings (SSSR count). The van der Waals surface area contributed by atoms with Crippen molar-refractivity contribution in [1.29, 1.82) is 0 Å². The van der Waals surface area contributed by atoms with E-state index in [9.17, 15) is 0 Å². The lowest BCUT2D eigenvalue weighted by Crippen LogP contribution is -2.39. The van der Waals surface area contributed by atoms with Crippen LogP contribution in [0.3, 0.4) is 0 Å². The molecule has 2 heterocycles. The molecule has 0 aliphatic carbocycles. The summed E-state index contributed by atoms with van der Waals surface area (Å²) in [6.45, 7) is 3.89. The lowest BCUT2D eigenvalue weighted by molar-refractivity contribution is 0.255. The molecule has 1 aromatic rings. The van der Waals surface area contributed by atoms with Gasteiger partial charge in [-0.1, -0.05) is 12.1 Å². The number of hydrogen-bond acceptors (Lipinski definition) is 3. The first-order valence-corrected chi connectivity index (χ1v) is 7.71. The Bertz CT molecular complexity index is 394. The largest absolute Gasteiger partial charge is 0.381 e. The number of benzene rings is 1. The Morgan fingerprint density at radius 2 is 2.06 bits per heavy atom. The molecule has 3 unspecified atom stereocenters. The fourth-order valence-corrected chi connectivity index (χ4v) is 3.67. The van der Waals surface area contributed by atoms with Gasteiger partial charge in [0.05, 0.1) is 0 Å². The van der Waals surface area contributed by atoms with Crippen molar-refractivity contribution in [2.45, 2.75) is 23.8 Å². The number of piperidine rings is 1. The van der Waals surface area contributed by atoms with E-state index in [-0.39, 0.29) is 0 Å². The molecule has 2 aliphatic heterocycles. The van der Waals surface area contributed by atoms with E-state index in [1.807, 2.05) is 11.8 Å². The van der Waals surface area contributed by atoms with Crippen LogP contribution in [0.5, 0.6) is 0 Å². The molecule has 2 fully saturated rings. The third-order valence-corrected chi connectivity index (χ3v) is 4.88. The summed E-state index contributed by atoms with van der Waals surface area (Å²) in [7, 11) is 0. The molecule has 0 saturated carbocycles. The molecule has 2 saturated heterocycles. The molecule has 2 bridgehead atoms. The molecule has 2 aliphatic rings. The van der Waals surface area contributed by atoms with Gasteiger partial charge < -0.3 is 10.2 Å². The quantitative estimate of drug-likeness (QED) is 0.828. The Morgan fingerprint density at radius 1 is 1.24 bits per heavy atom. The smallest absolute Gasteiger partial charge is 0.0480 e. The van der Waals surface area contributed by atoms with E-state index in [1.165, 1.54) is 43.1 Å². The second-order valence-electron chi connectivity index (χ2n) is 5.09. The van der Waals surface area contributed by atoms with Gasteiger partial charge in [-0.3, -0.25) is 0 Å². The maximum absolute atomic E-state index is 3.78. The Hall–Kier alpha value is -0.670. The van der Waals surface area contributed by atoms with Gasteiger partial charge in [-0.05, 0) is 43.7 Å². The molecule has 3 atom stereocenters. The molecule has 92 valence electrons. The molecule has 1 aromatic carbocycles. The van der Waals surface area contributed by atoms with Crippen molar-refractivity contribution in [2.24, 2.45) is 5.92 Å². The predicted octanol–water partition coefficient (Wildman–Crippen LogP) is 2.91. The van der Waals surface area contributed by atoms with Gasteiger partial charge >= 0.3 is 0 Å². The number of nitrogens with zero attached hydrogens (tertiary/aromatic N) is 1. The molecule has 0 radical (unpaired) electrons. The zero-order valence-corrected chi connectivity index (χ0v) is 11.2. The number of hydrogen-bond donors (Lipinski definition) is 1. The molecular formula is C14H20N2S. The average molecular weight is 248 g/mol. The molecule has 1 N–H and O–H groups in total. The van der Waals surface area contributed by atoms with Crippen LogP contribution < -0.4 is 5.32 Å². The Labute approximate surface area is 108 Å². The zero-order chi connectivity index (χ0) is 11.7. The number of rotatable bonds is 3. The van der Waals surface area contributed by atoms with Crippen LogP contribution in [-0.4, -0.2) is 36.8 Å². The second kappa shape index (κ2) is 4.91. The highest BCUT2D eigenvalue weighted by atomic mass is 32.2. The van der Waals surface area contributed by atoms with Gasteiger partial charge in [0.25, 0.3) is 0 Å². The van der Waals surface area contributed by atoms with Crippen LogP contribution in [0.2, 0.25) is 0 Å². The molecule has 0 amide bonds. The Balaban J connectivity index is 1.73. The summed E-state index contributed by atoms with van der Waals surface area (Å²) in [6.07, 6.45) is 4.82. The van der Waals surface area contributed by atoms with Crippen LogP contribution in [0.15, 0.2) is 29.2 Å². The number of anilines is 1. The molecule has 17 heavy (non-hydrogen) atoms. The maximum Gasteiger partial charge on any atom is 0.0480 e. The number of para-hydroxylation sites is 1. The number of nitrogens with one attached hydrogen (secondary N) is 1. The summed E-state index contributed by atoms with van der Waals surface area (Å²) >= 11 is 1.83. The van der Waals surface area contributed by atoms with Gasteiger partial charge in [-0.25, -0.2) is 0 Å². The number of thioether (sulfide) groups is 1. The highest BCUT2D eigenvalue weighted by Gasteiger charge is 2.34. The van der Waals surface area contributed by atoms with Gasteiger partial charge in [-0.2, -0.15) is 0 Å². The van der Waals surface area contributed by atoms with Crippen LogP contribution in [0.1, 0.15) is 12.8 Å². The van der Waals surface area contributed by atoms with Gasteiger partial charge in [0.15, 0.2) is 0 Å². The van der Waals surface area contributed by atoms with Crippen LogP contribution in [0.4, 0.5) is 5.69 Å². The minimum Gasteiger partial charge on any atom is -0.381 e. The average Bonchev–Trinajstić information content (AvgIpc) is 2.76. The van der Waals surface area contributed by atoms with Crippen molar-refractivity contribution in [2.75, 3.05) is 31.2 Å². The normalized spacial score (nSPS) is 31.5. The Morgan fingerprint density at radius 3 is 2.94 bits per heavy atom. The fourth-order valence-electron chi connectivity index (χ4n) is 3.11. The number of fused-ring (bicyclic) bond motifs is 2. The van der Waals surface area contributed by atoms with Crippen molar-refractivity contribution in [3.8, 4) is 0 Å². The molecule has 2 nitrogen and oxygen atoms in total. The first kappa shape index (κ1) is 11.4. The van der Waals surface area contributed by atoms with Crippen LogP contribution >= 0.6 is 11.8 Å². The lowest BCUT2D eigenvalue weighted by atomic mass is 9.94. The lowest BCUT2D eigenvalue weighted by Gasteiger charge is -2.32. The van der Waals surface area contributed by atoms with Gasteiger partial charge in [-0.15, -0.1) is 11.8 Å². The van der Waals surface area contributed by atoms with E-state index < -0.39 is 0 Å². The third kappa shape index (κ3) is 2.31. The minimum absolute atomic E-state index is 0.682. The molecule has 0 aromatic heterocycles. The van der Waals surface area contributed by atoms with Crippen LogP contribution in [0, 0.1) is 5.92 Å². The zero-order valence-electron chi connectivity index (χ0n) is 10.4. The van der Waals surface area contributed by atoms with Crippen molar-refractivity contribution < 1.29 is 0 Å². The van der Waals surface area contributed by atoms with Crippen molar-refractivity contribution >= 4 is 17.4 Å². The summed E-state index contributed by atoms with van der Waals surface area (Å²) in [6, 6.07) is 9.35. The SMILES string of the molecule is CSc1ccccc1NC1CCN2CCC1C2. The summed E-state index contributed by atoms with van der Waals surface area (Å²) in [5.41, 5.74) is 1.32. The first-order chi connectivity index (χ1) is 8.36. The summed E-state index contributed by atoms with van der Waals surface area (Å²) in [5, 5.41) is 3.78. The molecule has 0 spiro atoms. The molecule has 3 heteroatoms. The van der Waals surface area contributed by atoms with E-state index in [4.69, 9.17) is 0 Å². The Kier molecular flexibility index (Phi) is 3.30. The van der Waals surface area contributed by atoms with Crippen LogP contribution in [0.25, 0.3) is 0 Å². The maximum atomic E-state index is 3.78. The summed E-state index contributed by atoms with van der Waals surface area (Å²) in [4.78, 5) is 3.97. The minimum atomic E-state index is 0.682. The summed E-state index contributed by atoms with van der Waals surface area (Å²) in [5.74, 6) is 0.860. The monoisotopic (exact) mass is 248 g/mol. The van der Waals surface area contributed by atoms with Crippen molar-refractivity contribution in [1.82, 2.24) is 4.90 Å². The van der Waals surface area contributed by atoms with E-state index in [1.54, 1.807) is 0 Å².